The quantitative estimate of drug-likeness (QED) is 0.629. The molecule has 1 N–H and O–H groups in total. The molecule has 0 fully saturated rings. The van der Waals surface area contributed by atoms with Crippen LogP contribution in [0.2, 0.25) is 0 Å². The van der Waals surface area contributed by atoms with E-state index in [1.807, 2.05) is 36.4 Å². The van der Waals surface area contributed by atoms with Crippen molar-refractivity contribution >= 4 is 28.3 Å². The van der Waals surface area contributed by atoms with Crippen LogP contribution in [0.1, 0.15) is 17.3 Å². The van der Waals surface area contributed by atoms with Crippen LogP contribution in [0.25, 0.3) is 10.8 Å². The Morgan fingerprint density at radius 1 is 0.929 bits per heavy atom. The van der Waals surface area contributed by atoms with E-state index in [0.29, 0.717) is 5.69 Å². The molecular weight excluding hydrogens is 368 g/mol. The van der Waals surface area contributed by atoms with Gasteiger partial charge in [0.2, 0.25) is 0 Å². The Morgan fingerprint density at radius 3 is 2.29 bits per heavy atom. The van der Waals surface area contributed by atoms with E-state index < -0.39 is 24.6 Å². The highest BCUT2D eigenvalue weighted by molar-refractivity contribution is 5.98. The summed E-state index contributed by atoms with van der Waals surface area (Å²) >= 11 is 0. The Hall–Kier alpha value is -3.48. The maximum atomic E-state index is 12.3. The molecule has 0 aliphatic carbocycles. The number of nitrogens with one attached hydrogen (secondary N) is 1. The lowest BCUT2D eigenvalue weighted by molar-refractivity contribution is -0.123. The lowest BCUT2D eigenvalue weighted by Crippen LogP contribution is -2.30. The van der Waals surface area contributed by atoms with E-state index in [1.54, 1.807) is 6.07 Å². The number of benzene rings is 3. The minimum atomic E-state index is -2.95. The van der Waals surface area contributed by atoms with Crippen LogP contribution in [-0.4, -0.2) is 24.6 Å². The molecule has 7 heteroatoms. The van der Waals surface area contributed by atoms with Crippen LogP contribution in [0, 0.1) is 0 Å². The second-order valence-electron chi connectivity index (χ2n) is 6.00. The van der Waals surface area contributed by atoms with Crippen LogP contribution in [0.15, 0.2) is 66.7 Å². The first-order chi connectivity index (χ1) is 13.4. The van der Waals surface area contributed by atoms with Gasteiger partial charge in [-0.05, 0) is 54.1 Å². The molecule has 0 radical (unpaired) electrons. The zero-order chi connectivity index (χ0) is 20.1. The highest BCUT2D eigenvalue weighted by atomic mass is 19.3. The third-order valence-electron chi connectivity index (χ3n) is 3.99. The number of hydrogen-bond donors (Lipinski definition) is 1. The average molecular weight is 385 g/mol. The number of carbonyl (C=O) groups excluding carboxylic acids is 2. The lowest BCUT2D eigenvalue weighted by atomic mass is 10.1. The maximum Gasteiger partial charge on any atom is 0.387 e. The molecule has 0 aromatic heterocycles. The molecule has 28 heavy (non-hydrogen) atoms. The molecule has 0 aliphatic heterocycles. The zero-order valence-corrected chi connectivity index (χ0v) is 14.9. The van der Waals surface area contributed by atoms with Gasteiger partial charge in [0, 0.05) is 5.69 Å². The maximum absolute atomic E-state index is 12.3. The predicted molar refractivity (Wildman–Crippen MR) is 101 cm³/mol. The van der Waals surface area contributed by atoms with Gasteiger partial charge in [-0.15, -0.1) is 0 Å². The van der Waals surface area contributed by atoms with E-state index >= 15 is 0 Å². The predicted octanol–water partition coefficient (Wildman–Crippen LogP) is 4.63. The number of fused-ring (bicyclic) bond motifs is 1. The average Bonchev–Trinajstić information content (AvgIpc) is 2.67. The van der Waals surface area contributed by atoms with Crippen molar-refractivity contribution in [2.45, 2.75) is 19.6 Å². The first kappa shape index (κ1) is 19.3. The van der Waals surface area contributed by atoms with Gasteiger partial charge in [0.05, 0.1) is 5.56 Å². The standard InChI is InChI=1S/C21H17F2NO4/c1-13(27-20(26)15-7-10-18(11-8-15)28-21(22)23)19(25)24-17-9-6-14-4-2-3-5-16(14)12-17/h2-13,21H,1H3,(H,24,25)/t13-/m1/s1. The van der Waals surface area contributed by atoms with Gasteiger partial charge in [-0.2, -0.15) is 8.78 Å². The molecule has 144 valence electrons. The fourth-order valence-electron chi connectivity index (χ4n) is 2.57. The van der Waals surface area contributed by atoms with Gasteiger partial charge in [0.25, 0.3) is 5.91 Å². The van der Waals surface area contributed by atoms with Crippen molar-refractivity contribution in [1.29, 1.82) is 0 Å². The number of hydrogen-bond acceptors (Lipinski definition) is 4. The molecule has 0 bridgehead atoms. The molecule has 1 amide bonds. The molecular formula is C21H17F2NO4. The van der Waals surface area contributed by atoms with E-state index in [9.17, 15) is 18.4 Å². The Kier molecular flexibility index (Phi) is 5.84. The number of esters is 1. The summed E-state index contributed by atoms with van der Waals surface area (Å²) in [5, 5.41) is 4.71. The molecule has 0 aliphatic rings. The summed E-state index contributed by atoms with van der Waals surface area (Å²) in [6, 6.07) is 18.2. The van der Waals surface area contributed by atoms with Crippen molar-refractivity contribution in [3.8, 4) is 5.75 Å². The van der Waals surface area contributed by atoms with E-state index in [1.165, 1.54) is 31.2 Å². The Balaban J connectivity index is 1.60. The number of carbonyl (C=O) groups is 2. The highest BCUT2D eigenvalue weighted by Crippen LogP contribution is 2.19. The number of anilines is 1. The summed E-state index contributed by atoms with van der Waals surface area (Å²) in [5.74, 6) is -1.31. The molecule has 0 spiro atoms. The van der Waals surface area contributed by atoms with Crippen LogP contribution < -0.4 is 10.1 Å². The van der Waals surface area contributed by atoms with Crippen LogP contribution in [0.3, 0.4) is 0 Å². The SMILES string of the molecule is C[C@@H](OC(=O)c1ccc(OC(F)F)cc1)C(=O)Nc1ccc2ccccc2c1. The smallest absolute Gasteiger partial charge is 0.387 e. The summed E-state index contributed by atoms with van der Waals surface area (Å²) in [5.41, 5.74) is 0.701. The summed E-state index contributed by atoms with van der Waals surface area (Å²) in [4.78, 5) is 24.4. The Bertz CT molecular complexity index is 989. The fourth-order valence-corrected chi connectivity index (χ4v) is 2.57. The van der Waals surface area contributed by atoms with Crippen LogP contribution >= 0.6 is 0 Å². The number of amides is 1. The van der Waals surface area contributed by atoms with E-state index in [-0.39, 0.29) is 11.3 Å². The molecule has 3 rings (SSSR count). The van der Waals surface area contributed by atoms with E-state index in [0.717, 1.165) is 10.8 Å². The van der Waals surface area contributed by atoms with Crippen LogP contribution in [0.4, 0.5) is 14.5 Å². The number of alkyl halides is 2. The summed E-state index contributed by atoms with van der Waals surface area (Å²) < 4.78 is 33.6. The van der Waals surface area contributed by atoms with Crippen molar-refractivity contribution in [3.05, 3.63) is 72.3 Å². The van der Waals surface area contributed by atoms with Crippen LogP contribution in [-0.2, 0) is 9.53 Å². The molecule has 5 nitrogen and oxygen atoms in total. The second-order valence-corrected chi connectivity index (χ2v) is 6.00. The van der Waals surface area contributed by atoms with Crippen molar-refractivity contribution in [2.24, 2.45) is 0 Å². The van der Waals surface area contributed by atoms with E-state index in [4.69, 9.17) is 4.74 Å². The topological polar surface area (TPSA) is 64.6 Å². The monoisotopic (exact) mass is 385 g/mol. The molecule has 1 atom stereocenters. The first-order valence-corrected chi connectivity index (χ1v) is 8.48. The van der Waals surface area contributed by atoms with Crippen molar-refractivity contribution in [2.75, 3.05) is 5.32 Å². The highest BCUT2D eigenvalue weighted by Gasteiger charge is 2.19. The second kappa shape index (κ2) is 8.47. The summed E-state index contributed by atoms with van der Waals surface area (Å²) in [7, 11) is 0. The first-order valence-electron chi connectivity index (χ1n) is 8.48. The van der Waals surface area contributed by atoms with Gasteiger partial charge in [-0.25, -0.2) is 4.79 Å². The number of halogens is 2. The molecule has 3 aromatic carbocycles. The van der Waals surface area contributed by atoms with Gasteiger partial charge < -0.3 is 14.8 Å². The van der Waals surface area contributed by atoms with Gasteiger partial charge in [0.15, 0.2) is 6.10 Å². The number of ether oxygens (including phenoxy) is 2. The molecule has 0 unspecified atom stereocenters. The van der Waals surface area contributed by atoms with Crippen molar-refractivity contribution in [3.63, 3.8) is 0 Å². The number of rotatable bonds is 6. The molecule has 0 saturated heterocycles. The molecule has 0 heterocycles. The van der Waals surface area contributed by atoms with Gasteiger partial charge >= 0.3 is 12.6 Å². The lowest BCUT2D eigenvalue weighted by Gasteiger charge is -2.14. The van der Waals surface area contributed by atoms with Crippen molar-refractivity contribution in [1.82, 2.24) is 0 Å². The third-order valence-corrected chi connectivity index (χ3v) is 3.99. The summed E-state index contributed by atoms with van der Waals surface area (Å²) in [6.07, 6.45) is -1.05. The zero-order valence-electron chi connectivity index (χ0n) is 14.9. The van der Waals surface area contributed by atoms with Gasteiger partial charge in [-0.1, -0.05) is 30.3 Å². The van der Waals surface area contributed by atoms with Crippen molar-refractivity contribution < 1.29 is 27.8 Å². The van der Waals surface area contributed by atoms with Gasteiger partial charge in [-0.3, -0.25) is 4.79 Å². The Morgan fingerprint density at radius 2 is 1.61 bits per heavy atom. The minimum Gasteiger partial charge on any atom is -0.449 e. The third kappa shape index (κ3) is 4.82. The summed E-state index contributed by atoms with van der Waals surface area (Å²) in [6.45, 7) is -1.50. The largest absolute Gasteiger partial charge is 0.449 e. The minimum absolute atomic E-state index is 0.0753. The van der Waals surface area contributed by atoms with Crippen LogP contribution in [0.5, 0.6) is 5.75 Å². The molecule has 3 aromatic rings. The van der Waals surface area contributed by atoms with E-state index in [2.05, 4.69) is 10.1 Å². The Labute approximate surface area is 159 Å². The van der Waals surface area contributed by atoms with Gasteiger partial charge in [0.1, 0.15) is 5.75 Å². The molecule has 0 saturated carbocycles. The fraction of sp³-hybridized carbons (Fsp3) is 0.143. The normalized spacial score (nSPS) is 11.9.